The lowest BCUT2D eigenvalue weighted by molar-refractivity contribution is -0.163. The Morgan fingerprint density at radius 1 is 1.20 bits per heavy atom. The molecule has 3 aliphatic rings. The molecule has 0 saturated heterocycles. The minimum Gasteiger partial charge on any atom is -0.424 e. The first kappa shape index (κ1) is 15.6. The summed E-state index contributed by atoms with van der Waals surface area (Å²) in [7, 11) is 0. The molecule has 0 aliphatic heterocycles. The van der Waals surface area contributed by atoms with Crippen LogP contribution in [0.3, 0.4) is 0 Å². The van der Waals surface area contributed by atoms with Crippen LogP contribution in [-0.2, 0) is 4.79 Å². The number of carbonyl (C=O) groups excluding carboxylic acids is 2. The standard InChI is InChI=1S/C18H18N4O3/c1-11-7-13(3-4-14(11)25-17-19-5-2-6-20-17)21-16(24)22-15(23)18-8-12(9-18)10-18/h2-7,12H,8-10H2,1H3,(H2,21,22,23,24). The number of hydrogen-bond acceptors (Lipinski definition) is 5. The second-order valence-corrected chi connectivity index (χ2v) is 6.78. The van der Waals surface area contributed by atoms with Crippen molar-refractivity contribution in [2.24, 2.45) is 11.3 Å². The highest BCUT2D eigenvalue weighted by Gasteiger charge is 2.61. The number of anilines is 1. The molecule has 2 aromatic rings. The average molecular weight is 338 g/mol. The molecule has 128 valence electrons. The van der Waals surface area contributed by atoms with E-state index in [0.717, 1.165) is 24.8 Å². The summed E-state index contributed by atoms with van der Waals surface area (Å²) in [4.78, 5) is 32.1. The molecule has 3 fully saturated rings. The van der Waals surface area contributed by atoms with Crippen LogP contribution in [0.1, 0.15) is 24.8 Å². The maximum Gasteiger partial charge on any atom is 0.325 e. The van der Waals surface area contributed by atoms with Crippen LogP contribution in [0, 0.1) is 18.3 Å². The summed E-state index contributed by atoms with van der Waals surface area (Å²) in [6.07, 6.45) is 5.94. The number of hydrogen-bond donors (Lipinski definition) is 2. The highest BCUT2D eigenvalue weighted by Crippen LogP contribution is 2.64. The Kier molecular flexibility index (Phi) is 3.63. The number of aromatic nitrogens is 2. The van der Waals surface area contributed by atoms with Gasteiger partial charge in [-0.2, -0.15) is 0 Å². The number of amides is 3. The molecule has 0 unspecified atom stereocenters. The fourth-order valence-electron chi connectivity index (χ4n) is 3.43. The van der Waals surface area contributed by atoms with E-state index in [0.29, 0.717) is 17.4 Å². The van der Waals surface area contributed by atoms with Crippen LogP contribution >= 0.6 is 0 Å². The minimum absolute atomic E-state index is 0.162. The molecular weight excluding hydrogens is 320 g/mol. The molecule has 3 amide bonds. The van der Waals surface area contributed by atoms with Gasteiger partial charge in [0.05, 0.1) is 5.41 Å². The molecule has 0 spiro atoms. The van der Waals surface area contributed by atoms with Crippen LogP contribution in [0.25, 0.3) is 0 Å². The number of imide groups is 1. The third-order valence-corrected chi connectivity index (χ3v) is 4.92. The molecule has 0 atom stereocenters. The molecule has 1 aromatic carbocycles. The predicted molar refractivity (Wildman–Crippen MR) is 90.2 cm³/mol. The van der Waals surface area contributed by atoms with Crippen molar-refractivity contribution in [1.29, 1.82) is 0 Å². The number of ether oxygens (including phenoxy) is 1. The Bertz CT molecular complexity index is 820. The van der Waals surface area contributed by atoms with Crippen molar-refractivity contribution in [1.82, 2.24) is 15.3 Å². The Morgan fingerprint density at radius 3 is 2.52 bits per heavy atom. The maximum atomic E-state index is 12.1. The number of nitrogens with zero attached hydrogens (tertiary/aromatic N) is 2. The third kappa shape index (κ3) is 2.93. The van der Waals surface area contributed by atoms with E-state index in [2.05, 4.69) is 20.6 Å². The van der Waals surface area contributed by atoms with Crippen LogP contribution < -0.4 is 15.4 Å². The lowest BCUT2D eigenvalue weighted by Crippen LogP contribution is -2.61. The lowest BCUT2D eigenvalue weighted by atomic mass is 9.44. The minimum atomic E-state index is -0.505. The number of rotatable bonds is 4. The van der Waals surface area contributed by atoms with Gasteiger partial charge in [-0.25, -0.2) is 14.8 Å². The quantitative estimate of drug-likeness (QED) is 0.894. The summed E-state index contributed by atoms with van der Waals surface area (Å²) in [6, 6.07) is 6.66. The van der Waals surface area contributed by atoms with E-state index < -0.39 is 6.03 Å². The Morgan fingerprint density at radius 2 is 1.92 bits per heavy atom. The van der Waals surface area contributed by atoms with E-state index in [9.17, 15) is 9.59 Å². The predicted octanol–water partition coefficient (Wildman–Crippen LogP) is 3.03. The summed E-state index contributed by atoms with van der Waals surface area (Å²) in [5.74, 6) is 1.13. The molecule has 1 aromatic heterocycles. The lowest BCUT2D eigenvalue weighted by Gasteiger charge is -2.59. The monoisotopic (exact) mass is 338 g/mol. The van der Waals surface area contributed by atoms with Crippen LogP contribution in [0.5, 0.6) is 11.8 Å². The second-order valence-electron chi connectivity index (χ2n) is 6.78. The zero-order valence-corrected chi connectivity index (χ0v) is 13.8. The first-order valence-electron chi connectivity index (χ1n) is 8.22. The fourth-order valence-corrected chi connectivity index (χ4v) is 3.43. The van der Waals surface area contributed by atoms with E-state index in [1.54, 1.807) is 36.7 Å². The summed E-state index contributed by atoms with van der Waals surface area (Å²) in [5, 5.41) is 5.13. The highest BCUT2D eigenvalue weighted by atomic mass is 16.5. The van der Waals surface area contributed by atoms with Gasteiger partial charge in [-0.1, -0.05) is 0 Å². The molecule has 2 bridgehead atoms. The SMILES string of the molecule is Cc1cc(NC(=O)NC(=O)C23CC(C2)C3)ccc1Oc1ncccn1. The van der Waals surface area contributed by atoms with Gasteiger partial charge in [-0.3, -0.25) is 10.1 Å². The molecule has 1 heterocycles. The summed E-state index contributed by atoms with van der Waals surface area (Å²) < 4.78 is 5.60. The normalized spacial score (nSPS) is 23.0. The summed E-state index contributed by atoms with van der Waals surface area (Å²) in [6.45, 7) is 1.86. The molecule has 3 saturated carbocycles. The fraction of sp³-hybridized carbons (Fsp3) is 0.333. The van der Waals surface area contributed by atoms with Crippen molar-refractivity contribution in [2.45, 2.75) is 26.2 Å². The molecule has 25 heavy (non-hydrogen) atoms. The van der Waals surface area contributed by atoms with Gasteiger partial charge in [0.2, 0.25) is 5.91 Å². The summed E-state index contributed by atoms with van der Waals surface area (Å²) >= 11 is 0. The molecule has 3 aliphatic carbocycles. The van der Waals surface area contributed by atoms with Gasteiger partial charge >= 0.3 is 12.0 Å². The number of aryl methyl sites for hydroxylation is 1. The summed E-state index contributed by atoms with van der Waals surface area (Å²) in [5.41, 5.74) is 1.13. The topological polar surface area (TPSA) is 93.2 Å². The van der Waals surface area contributed by atoms with Gasteiger partial charge in [0.1, 0.15) is 5.75 Å². The van der Waals surface area contributed by atoms with Gasteiger partial charge < -0.3 is 10.1 Å². The molecule has 0 radical (unpaired) electrons. The van der Waals surface area contributed by atoms with Crippen molar-refractivity contribution < 1.29 is 14.3 Å². The zero-order chi connectivity index (χ0) is 17.4. The molecule has 5 rings (SSSR count). The zero-order valence-electron chi connectivity index (χ0n) is 13.8. The number of benzene rings is 1. The van der Waals surface area contributed by atoms with E-state index in [1.807, 2.05) is 6.92 Å². The Hall–Kier alpha value is -2.96. The van der Waals surface area contributed by atoms with Crippen molar-refractivity contribution >= 4 is 17.6 Å². The van der Waals surface area contributed by atoms with Gasteiger partial charge in [0, 0.05) is 18.1 Å². The van der Waals surface area contributed by atoms with E-state index in [-0.39, 0.29) is 17.3 Å². The van der Waals surface area contributed by atoms with Gasteiger partial charge in [0.25, 0.3) is 0 Å². The Labute approximate surface area is 144 Å². The number of nitrogens with one attached hydrogen (secondary N) is 2. The number of carbonyl (C=O) groups is 2. The van der Waals surface area contributed by atoms with E-state index >= 15 is 0 Å². The highest BCUT2D eigenvalue weighted by molar-refractivity contribution is 6.04. The van der Waals surface area contributed by atoms with Crippen molar-refractivity contribution in [2.75, 3.05) is 5.32 Å². The third-order valence-electron chi connectivity index (χ3n) is 4.92. The van der Waals surface area contributed by atoms with Gasteiger partial charge in [0.15, 0.2) is 0 Å². The van der Waals surface area contributed by atoms with Gasteiger partial charge in [-0.15, -0.1) is 0 Å². The second kappa shape index (κ2) is 5.84. The van der Waals surface area contributed by atoms with Crippen LogP contribution in [0.4, 0.5) is 10.5 Å². The van der Waals surface area contributed by atoms with E-state index in [4.69, 9.17) is 4.74 Å². The van der Waals surface area contributed by atoms with E-state index in [1.165, 1.54) is 0 Å². The van der Waals surface area contributed by atoms with Gasteiger partial charge in [-0.05, 0) is 61.9 Å². The average Bonchev–Trinajstić information content (AvgIpc) is 2.47. The van der Waals surface area contributed by atoms with Crippen molar-refractivity contribution in [3.63, 3.8) is 0 Å². The number of urea groups is 1. The smallest absolute Gasteiger partial charge is 0.325 e. The van der Waals surface area contributed by atoms with Crippen molar-refractivity contribution in [3.05, 3.63) is 42.2 Å². The molecule has 2 N–H and O–H groups in total. The van der Waals surface area contributed by atoms with Crippen molar-refractivity contribution in [3.8, 4) is 11.8 Å². The molecule has 7 heteroatoms. The first-order valence-corrected chi connectivity index (χ1v) is 8.22. The maximum absolute atomic E-state index is 12.1. The first-order chi connectivity index (χ1) is 12.0. The largest absolute Gasteiger partial charge is 0.424 e. The Balaban J connectivity index is 1.37. The molecular formula is C18H18N4O3. The molecule has 7 nitrogen and oxygen atoms in total. The van der Waals surface area contributed by atoms with Crippen LogP contribution in [-0.4, -0.2) is 21.9 Å². The van der Waals surface area contributed by atoms with Crippen LogP contribution in [0.2, 0.25) is 0 Å². The van der Waals surface area contributed by atoms with Crippen LogP contribution in [0.15, 0.2) is 36.7 Å².